The Hall–Kier alpha value is -1.58. The number of esters is 1. The Labute approximate surface area is 99.8 Å². The van der Waals surface area contributed by atoms with Crippen LogP contribution in [0, 0.1) is 11.7 Å². The summed E-state index contributed by atoms with van der Waals surface area (Å²) in [6.07, 6.45) is 4.68. The molecular formula is C13H16FNO2. The lowest BCUT2D eigenvalue weighted by atomic mass is 10.1. The maximum Gasteiger partial charge on any atom is 0.338 e. The summed E-state index contributed by atoms with van der Waals surface area (Å²) in [6.45, 7) is 0.454. The summed E-state index contributed by atoms with van der Waals surface area (Å²) < 4.78 is 18.1. The zero-order chi connectivity index (χ0) is 12.3. The van der Waals surface area contributed by atoms with Gasteiger partial charge in [0.25, 0.3) is 0 Å². The van der Waals surface area contributed by atoms with Gasteiger partial charge in [0.2, 0.25) is 0 Å². The van der Waals surface area contributed by atoms with E-state index in [9.17, 15) is 9.18 Å². The molecule has 0 saturated heterocycles. The third kappa shape index (κ3) is 2.96. The molecule has 1 aromatic carbocycles. The van der Waals surface area contributed by atoms with Crippen LogP contribution < -0.4 is 5.73 Å². The molecule has 1 fully saturated rings. The predicted molar refractivity (Wildman–Crippen MR) is 63.1 cm³/mol. The Morgan fingerprint density at radius 3 is 2.76 bits per heavy atom. The van der Waals surface area contributed by atoms with Gasteiger partial charge >= 0.3 is 5.97 Å². The SMILES string of the molecule is Nc1cc(C(=O)OCC2CCCC2)ccc1F. The molecule has 0 bridgehead atoms. The molecule has 3 nitrogen and oxygen atoms in total. The van der Waals surface area contributed by atoms with Crippen molar-refractivity contribution in [3.8, 4) is 0 Å². The van der Waals surface area contributed by atoms with Crippen LogP contribution in [0.3, 0.4) is 0 Å². The van der Waals surface area contributed by atoms with Crippen LogP contribution in [0.1, 0.15) is 36.0 Å². The zero-order valence-electron chi connectivity index (χ0n) is 9.62. The Kier molecular flexibility index (Phi) is 3.61. The fraction of sp³-hybridized carbons (Fsp3) is 0.462. The van der Waals surface area contributed by atoms with E-state index >= 15 is 0 Å². The highest BCUT2D eigenvalue weighted by Gasteiger charge is 2.17. The molecule has 4 heteroatoms. The van der Waals surface area contributed by atoms with Crippen LogP contribution in [-0.4, -0.2) is 12.6 Å². The number of halogens is 1. The first-order valence-corrected chi connectivity index (χ1v) is 5.89. The second kappa shape index (κ2) is 5.17. The maximum absolute atomic E-state index is 12.9. The highest BCUT2D eigenvalue weighted by atomic mass is 19.1. The third-order valence-corrected chi connectivity index (χ3v) is 3.16. The Morgan fingerprint density at radius 1 is 1.41 bits per heavy atom. The van der Waals surface area contributed by atoms with Gasteiger partial charge in [-0.2, -0.15) is 0 Å². The lowest BCUT2D eigenvalue weighted by Crippen LogP contribution is -2.12. The topological polar surface area (TPSA) is 52.3 Å². The van der Waals surface area contributed by atoms with Crippen LogP contribution in [0.4, 0.5) is 10.1 Å². The molecule has 0 heterocycles. The average Bonchev–Trinajstić information content (AvgIpc) is 2.82. The normalized spacial score (nSPS) is 16.1. The molecule has 92 valence electrons. The molecule has 2 rings (SSSR count). The van der Waals surface area contributed by atoms with Crippen molar-refractivity contribution in [3.05, 3.63) is 29.6 Å². The quantitative estimate of drug-likeness (QED) is 0.649. The van der Waals surface area contributed by atoms with Gasteiger partial charge < -0.3 is 10.5 Å². The van der Waals surface area contributed by atoms with Gasteiger partial charge in [-0.25, -0.2) is 9.18 Å². The van der Waals surface area contributed by atoms with E-state index in [-0.39, 0.29) is 5.69 Å². The van der Waals surface area contributed by atoms with Crippen molar-refractivity contribution in [1.82, 2.24) is 0 Å². The lowest BCUT2D eigenvalue weighted by molar-refractivity contribution is 0.0442. The van der Waals surface area contributed by atoms with Gasteiger partial charge in [0.15, 0.2) is 0 Å². The Morgan fingerprint density at radius 2 is 2.12 bits per heavy atom. The van der Waals surface area contributed by atoms with Gasteiger partial charge in [-0.1, -0.05) is 12.8 Å². The van der Waals surface area contributed by atoms with Crippen molar-refractivity contribution in [3.63, 3.8) is 0 Å². The molecule has 17 heavy (non-hydrogen) atoms. The summed E-state index contributed by atoms with van der Waals surface area (Å²) in [4.78, 5) is 11.7. The number of hydrogen-bond donors (Lipinski definition) is 1. The number of nitrogens with two attached hydrogens (primary N) is 1. The van der Waals surface area contributed by atoms with Gasteiger partial charge in [0.1, 0.15) is 5.82 Å². The molecule has 0 atom stereocenters. The van der Waals surface area contributed by atoms with Crippen LogP contribution in [0.2, 0.25) is 0 Å². The van der Waals surface area contributed by atoms with Gasteiger partial charge in [0, 0.05) is 0 Å². The van der Waals surface area contributed by atoms with Gasteiger partial charge in [0.05, 0.1) is 17.9 Å². The molecule has 1 saturated carbocycles. The second-order valence-corrected chi connectivity index (χ2v) is 4.49. The first-order valence-electron chi connectivity index (χ1n) is 5.89. The minimum absolute atomic E-state index is 0.0275. The first-order chi connectivity index (χ1) is 8.16. The van der Waals surface area contributed by atoms with Gasteiger partial charge in [-0.15, -0.1) is 0 Å². The maximum atomic E-state index is 12.9. The minimum atomic E-state index is -0.516. The molecular weight excluding hydrogens is 221 g/mol. The fourth-order valence-corrected chi connectivity index (χ4v) is 2.12. The molecule has 0 unspecified atom stereocenters. The van der Waals surface area contributed by atoms with Crippen molar-refractivity contribution < 1.29 is 13.9 Å². The monoisotopic (exact) mass is 237 g/mol. The molecule has 0 spiro atoms. The molecule has 0 aromatic heterocycles. The first kappa shape index (κ1) is 11.9. The van der Waals surface area contributed by atoms with Crippen molar-refractivity contribution in [1.29, 1.82) is 0 Å². The van der Waals surface area contributed by atoms with E-state index in [4.69, 9.17) is 10.5 Å². The van der Waals surface area contributed by atoms with Crippen LogP contribution in [0.25, 0.3) is 0 Å². The second-order valence-electron chi connectivity index (χ2n) is 4.49. The van der Waals surface area contributed by atoms with E-state index in [1.807, 2.05) is 0 Å². The number of carbonyl (C=O) groups excluding carboxylic acids is 1. The number of nitrogen functional groups attached to an aromatic ring is 1. The van der Waals surface area contributed by atoms with Gasteiger partial charge in [-0.3, -0.25) is 0 Å². The van der Waals surface area contributed by atoms with Crippen LogP contribution in [-0.2, 0) is 4.74 Å². The number of hydrogen-bond acceptors (Lipinski definition) is 3. The molecule has 2 N–H and O–H groups in total. The number of benzene rings is 1. The highest BCUT2D eigenvalue weighted by molar-refractivity contribution is 5.90. The predicted octanol–water partition coefficient (Wildman–Crippen LogP) is 2.75. The molecule has 0 amide bonds. The smallest absolute Gasteiger partial charge is 0.338 e. The van der Waals surface area contributed by atoms with Crippen LogP contribution in [0.15, 0.2) is 18.2 Å². The van der Waals surface area contributed by atoms with Crippen LogP contribution in [0.5, 0.6) is 0 Å². The Bertz CT molecular complexity index is 414. The van der Waals surface area contributed by atoms with Crippen molar-refractivity contribution in [2.45, 2.75) is 25.7 Å². The van der Waals surface area contributed by atoms with E-state index in [1.54, 1.807) is 0 Å². The summed E-state index contributed by atoms with van der Waals surface area (Å²) in [5.74, 6) is -0.460. The third-order valence-electron chi connectivity index (χ3n) is 3.16. The summed E-state index contributed by atoms with van der Waals surface area (Å²) in [7, 11) is 0. The Balaban J connectivity index is 1.92. The molecule has 1 aliphatic rings. The lowest BCUT2D eigenvalue weighted by Gasteiger charge is -2.10. The van der Waals surface area contributed by atoms with Crippen molar-refractivity contribution >= 4 is 11.7 Å². The highest BCUT2D eigenvalue weighted by Crippen LogP contribution is 2.25. The number of rotatable bonds is 3. The minimum Gasteiger partial charge on any atom is -0.462 e. The molecule has 0 aliphatic heterocycles. The van der Waals surface area contributed by atoms with Crippen molar-refractivity contribution in [2.75, 3.05) is 12.3 Å². The summed E-state index contributed by atoms with van der Waals surface area (Å²) >= 11 is 0. The zero-order valence-corrected chi connectivity index (χ0v) is 9.62. The molecule has 0 radical (unpaired) electrons. The summed E-state index contributed by atoms with van der Waals surface area (Å²) in [5, 5.41) is 0. The average molecular weight is 237 g/mol. The standard InChI is InChI=1S/C13H16FNO2/c14-11-6-5-10(7-12(11)15)13(16)17-8-9-3-1-2-4-9/h5-7,9H,1-4,8,15H2. The van der Waals surface area contributed by atoms with E-state index < -0.39 is 11.8 Å². The van der Waals surface area contributed by atoms with Crippen molar-refractivity contribution in [2.24, 2.45) is 5.92 Å². The van der Waals surface area contributed by atoms with E-state index in [1.165, 1.54) is 31.0 Å². The fourth-order valence-electron chi connectivity index (χ4n) is 2.12. The van der Waals surface area contributed by atoms with E-state index in [2.05, 4.69) is 0 Å². The number of ether oxygens (including phenoxy) is 1. The number of carbonyl (C=O) groups is 1. The molecule has 1 aliphatic carbocycles. The number of anilines is 1. The summed E-state index contributed by atoms with van der Waals surface area (Å²) in [6, 6.07) is 3.89. The van der Waals surface area contributed by atoms with Crippen LogP contribution >= 0.6 is 0 Å². The summed E-state index contributed by atoms with van der Waals surface area (Å²) in [5.41, 5.74) is 5.67. The molecule has 1 aromatic rings. The largest absolute Gasteiger partial charge is 0.462 e. The van der Waals surface area contributed by atoms with E-state index in [0.29, 0.717) is 18.1 Å². The van der Waals surface area contributed by atoms with E-state index in [0.717, 1.165) is 12.8 Å². The van der Waals surface area contributed by atoms with Gasteiger partial charge in [-0.05, 0) is 37.0 Å².